The van der Waals surface area contributed by atoms with Crippen LogP contribution < -0.4 is 15.4 Å². The third-order valence-electron chi connectivity index (χ3n) is 3.54. The van der Waals surface area contributed by atoms with Gasteiger partial charge in [0.2, 0.25) is 0 Å². The largest absolute Gasteiger partial charge is 0.733 e. The van der Waals surface area contributed by atoms with E-state index >= 15 is 0 Å². The van der Waals surface area contributed by atoms with Gasteiger partial charge in [0.25, 0.3) is 5.91 Å². The third-order valence-corrected chi connectivity index (χ3v) is 4.77. The van der Waals surface area contributed by atoms with Crippen LogP contribution in [-0.2, 0) is 4.74 Å². The van der Waals surface area contributed by atoms with Gasteiger partial charge in [-0.2, -0.15) is 0 Å². The van der Waals surface area contributed by atoms with Gasteiger partial charge in [-0.1, -0.05) is 11.6 Å². The fourth-order valence-electron chi connectivity index (χ4n) is 2.33. The Morgan fingerprint density at radius 3 is 2.72 bits per heavy atom. The molecule has 2 amide bonds. The van der Waals surface area contributed by atoms with Crippen molar-refractivity contribution in [2.75, 3.05) is 23.2 Å². The summed E-state index contributed by atoms with van der Waals surface area (Å²) in [6.07, 6.45) is -1.05. The number of rotatable bonds is 5. The van der Waals surface area contributed by atoms with Crippen molar-refractivity contribution in [3.8, 4) is 0 Å². The van der Waals surface area contributed by atoms with Crippen molar-refractivity contribution in [3.05, 3.63) is 50.8 Å². The summed E-state index contributed by atoms with van der Waals surface area (Å²) in [6, 6.07) is 9.06. The molecular formula is C15H13ClN3O5S-. The highest BCUT2D eigenvalue weighted by molar-refractivity contribution is 7.17. The number of hydrogen-bond donors (Lipinski definition) is 2. The Hall–Kier alpha value is -2.33. The molecule has 3 rings (SSSR count). The fourth-order valence-corrected chi connectivity index (χ4v) is 3.29. The molecule has 25 heavy (non-hydrogen) atoms. The molecule has 1 saturated heterocycles. The van der Waals surface area contributed by atoms with E-state index in [0.29, 0.717) is 14.9 Å². The lowest BCUT2D eigenvalue weighted by Gasteiger charge is -2.22. The number of benzene rings is 1. The number of nitrogens with zero attached hydrogens (tertiary/aromatic N) is 2. The maximum Gasteiger partial charge on any atom is 0.414 e. The first-order valence-electron chi connectivity index (χ1n) is 7.22. The van der Waals surface area contributed by atoms with Gasteiger partial charge in [-0.05, 0) is 36.4 Å². The highest BCUT2D eigenvalue weighted by Crippen LogP contribution is 2.24. The molecule has 2 heterocycles. The predicted octanol–water partition coefficient (Wildman–Crippen LogP) is 2.85. The second-order valence-corrected chi connectivity index (χ2v) is 6.93. The number of amides is 2. The van der Waals surface area contributed by atoms with Crippen molar-refractivity contribution in [2.45, 2.75) is 6.10 Å². The summed E-state index contributed by atoms with van der Waals surface area (Å²) < 4.78 is 5.75. The molecule has 0 spiro atoms. The second kappa shape index (κ2) is 7.28. The molecule has 1 atom stereocenters. The summed E-state index contributed by atoms with van der Waals surface area (Å²) in [6.45, 7) is 0.420. The summed E-state index contributed by atoms with van der Waals surface area (Å²) in [5, 5.41) is 22.0. The topological polar surface area (TPSA) is 105 Å². The molecule has 8 nitrogen and oxygen atoms in total. The standard InChI is InChI=1S/C15H13ClN3O5S/c16-13-6-5-12(25-13)14(20)17-7-11-8-18(15(21)24-11)9-1-3-10(4-2-9)19(22)23/h1-6,11,22H,7-8H2,(H,17,20)/q-1/t11-/m0/s1. The number of thiophene rings is 1. The van der Waals surface area contributed by atoms with Gasteiger partial charge in [-0.15, -0.1) is 11.3 Å². The lowest BCUT2D eigenvalue weighted by molar-refractivity contribution is 0.0920. The first-order chi connectivity index (χ1) is 11.9. The van der Waals surface area contributed by atoms with E-state index < -0.39 is 12.2 Å². The minimum atomic E-state index is -0.547. The van der Waals surface area contributed by atoms with Crippen molar-refractivity contribution in [2.24, 2.45) is 0 Å². The zero-order valence-corrected chi connectivity index (χ0v) is 14.3. The molecular weight excluding hydrogens is 370 g/mol. The normalized spacial score (nSPS) is 16.7. The Kier molecular flexibility index (Phi) is 5.09. The molecule has 0 aliphatic carbocycles. The van der Waals surface area contributed by atoms with Gasteiger partial charge >= 0.3 is 6.09 Å². The van der Waals surface area contributed by atoms with E-state index in [1.807, 2.05) is 0 Å². The molecule has 1 aliphatic heterocycles. The van der Waals surface area contributed by atoms with Crippen LogP contribution in [0, 0.1) is 5.21 Å². The number of hydrogen-bond acceptors (Lipinski definition) is 7. The number of anilines is 2. The van der Waals surface area contributed by atoms with Crippen LogP contribution in [0.1, 0.15) is 9.67 Å². The number of halogens is 1. The highest BCUT2D eigenvalue weighted by atomic mass is 35.5. The molecule has 10 heteroatoms. The van der Waals surface area contributed by atoms with E-state index in [4.69, 9.17) is 21.5 Å². The number of carbonyl (C=O) groups is 2. The Morgan fingerprint density at radius 1 is 1.40 bits per heavy atom. The highest BCUT2D eigenvalue weighted by Gasteiger charge is 2.32. The van der Waals surface area contributed by atoms with Gasteiger partial charge in [0.05, 0.1) is 28.0 Å². The summed E-state index contributed by atoms with van der Waals surface area (Å²) in [5.41, 5.74) is 0.573. The maximum atomic E-state index is 12.0. The van der Waals surface area contributed by atoms with E-state index in [9.17, 15) is 14.8 Å². The van der Waals surface area contributed by atoms with Crippen molar-refractivity contribution in [1.82, 2.24) is 5.32 Å². The quantitative estimate of drug-likeness (QED) is 0.770. The van der Waals surface area contributed by atoms with Crippen molar-refractivity contribution in [1.29, 1.82) is 0 Å². The Morgan fingerprint density at radius 2 is 2.12 bits per heavy atom. The van der Waals surface area contributed by atoms with E-state index in [1.165, 1.54) is 40.5 Å². The van der Waals surface area contributed by atoms with E-state index in [-0.39, 0.29) is 29.9 Å². The summed E-state index contributed by atoms with van der Waals surface area (Å²) in [4.78, 5) is 25.8. The van der Waals surface area contributed by atoms with Crippen LogP contribution in [0.3, 0.4) is 0 Å². The monoisotopic (exact) mass is 382 g/mol. The molecule has 0 unspecified atom stereocenters. The summed E-state index contributed by atoms with van der Waals surface area (Å²) in [7, 11) is 0. The van der Waals surface area contributed by atoms with Gasteiger partial charge < -0.3 is 20.5 Å². The zero-order chi connectivity index (χ0) is 18.0. The van der Waals surface area contributed by atoms with Crippen molar-refractivity contribution >= 4 is 46.3 Å². The third kappa shape index (κ3) is 4.02. The van der Waals surface area contributed by atoms with Crippen LogP contribution in [0.2, 0.25) is 4.34 Å². The van der Waals surface area contributed by atoms with E-state index in [1.54, 1.807) is 12.1 Å². The predicted molar refractivity (Wildman–Crippen MR) is 93.4 cm³/mol. The van der Waals surface area contributed by atoms with Gasteiger partial charge in [-0.25, -0.2) is 4.79 Å². The average molecular weight is 383 g/mol. The Bertz CT molecular complexity index is 780. The molecule has 1 fully saturated rings. The molecule has 0 saturated carbocycles. The molecule has 1 aromatic heterocycles. The Balaban J connectivity index is 1.57. The number of nitrogens with one attached hydrogen (secondary N) is 1. The molecule has 0 radical (unpaired) electrons. The first-order valence-corrected chi connectivity index (χ1v) is 8.41. The summed E-state index contributed by atoms with van der Waals surface area (Å²) in [5.74, 6) is -0.283. The fraction of sp³-hybridized carbons (Fsp3) is 0.200. The lowest BCUT2D eigenvalue weighted by atomic mass is 10.2. The smallest absolute Gasteiger partial charge is 0.414 e. The van der Waals surface area contributed by atoms with Gasteiger partial charge in [0.1, 0.15) is 6.10 Å². The average Bonchev–Trinajstić information content (AvgIpc) is 3.18. The molecule has 1 aliphatic rings. The van der Waals surface area contributed by atoms with Crippen LogP contribution in [-0.4, -0.2) is 36.4 Å². The lowest BCUT2D eigenvalue weighted by Crippen LogP contribution is -2.34. The second-order valence-electron chi connectivity index (χ2n) is 5.22. The molecule has 1 aromatic carbocycles. The molecule has 132 valence electrons. The zero-order valence-electron chi connectivity index (χ0n) is 12.7. The van der Waals surface area contributed by atoms with Crippen LogP contribution >= 0.6 is 22.9 Å². The number of ether oxygens (including phenoxy) is 1. The van der Waals surface area contributed by atoms with Gasteiger partial charge in [0, 0.05) is 5.69 Å². The number of carbonyl (C=O) groups excluding carboxylic acids is 2. The molecule has 2 N–H and O–H groups in total. The maximum absolute atomic E-state index is 12.0. The minimum absolute atomic E-state index is 0.0507. The van der Waals surface area contributed by atoms with Crippen molar-refractivity contribution in [3.63, 3.8) is 0 Å². The number of cyclic esters (lactones) is 1. The van der Waals surface area contributed by atoms with E-state index in [2.05, 4.69) is 5.32 Å². The van der Waals surface area contributed by atoms with Crippen molar-refractivity contribution < 1.29 is 19.5 Å². The van der Waals surface area contributed by atoms with Gasteiger partial charge in [-0.3, -0.25) is 14.9 Å². The summed E-state index contributed by atoms with van der Waals surface area (Å²) >= 11 is 6.96. The van der Waals surface area contributed by atoms with E-state index in [0.717, 1.165) is 0 Å². The molecule has 2 aromatic rings. The van der Waals surface area contributed by atoms with Crippen LogP contribution in [0.25, 0.3) is 0 Å². The first kappa shape index (κ1) is 17.5. The van der Waals surface area contributed by atoms with Gasteiger partial charge in [0.15, 0.2) is 0 Å². The SMILES string of the molecule is O=C(NC[C@H]1CN(c2ccc(N([O-])O)cc2)C(=O)O1)c1ccc(Cl)s1. The van der Waals surface area contributed by atoms with Crippen LogP contribution in [0.15, 0.2) is 36.4 Å². The van der Waals surface area contributed by atoms with Crippen LogP contribution in [0.4, 0.5) is 16.2 Å². The van der Waals surface area contributed by atoms with Crippen LogP contribution in [0.5, 0.6) is 0 Å². The Labute approximate surface area is 151 Å². The molecule has 0 bridgehead atoms. The minimum Gasteiger partial charge on any atom is -0.733 e.